The Labute approximate surface area is 140 Å². The van der Waals surface area contributed by atoms with Crippen LogP contribution in [0.1, 0.15) is 44.6 Å². The molecule has 1 aliphatic heterocycles. The van der Waals surface area contributed by atoms with Gasteiger partial charge in [-0.2, -0.15) is 0 Å². The van der Waals surface area contributed by atoms with Gasteiger partial charge in [-0.1, -0.05) is 68.3 Å². The first kappa shape index (κ1) is 16.1. The van der Waals surface area contributed by atoms with E-state index in [1.165, 1.54) is 37.7 Å². The highest BCUT2D eigenvalue weighted by atomic mass is 16.7. The Bertz CT molecular complexity index is 579. The lowest BCUT2D eigenvalue weighted by atomic mass is 9.79. The number of nitrogens with zero attached hydrogens (tertiary/aromatic N) is 1. The topological polar surface area (TPSA) is 12.5 Å². The summed E-state index contributed by atoms with van der Waals surface area (Å²) in [6, 6.07) is 21.1. The Kier molecular flexibility index (Phi) is 5.35. The SMILES string of the molecule is CCCC1(Cc2ccccc2)CCCCN1Oc1ccccc1. The van der Waals surface area contributed by atoms with Crippen LogP contribution in [0.4, 0.5) is 0 Å². The van der Waals surface area contributed by atoms with Gasteiger partial charge in [0.05, 0.1) is 5.54 Å². The van der Waals surface area contributed by atoms with Crippen LogP contribution in [0, 0.1) is 0 Å². The largest absolute Gasteiger partial charge is 0.405 e. The summed E-state index contributed by atoms with van der Waals surface area (Å²) in [4.78, 5) is 6.33. The maximum Gasteiger partial charge on any atom is 0.147 e. The lowest BCUT2D eigenvalue weighted by molar-refractivity contribution is -0.167. The zero-order valence-electron chi connectivity index (χ0n) is 14.1. The first-order valence-electron chi connectivity index (χ1n) is 8.87. The zero-order chi connectivity index (χ0) is 16.0. The van der Waals surface area contributed by atoms with Gasteiger partial charge in [0.15, 0.2) is 0 Å². The maximum absolute atomic E-state index is 6.33. The molecule has 0 amide bonds. The van der Waals surface area contributed by atoms with Gasteiger partial charge in [0.2, 0.25) is 0 Å². The number of piperidine rings is 1. The molecule has 0 saturated carbocycles. The molecule has 23 heavy (non-hydrogen) atoms. The van der Waals surface area contributed by atoms with Crippen molar-refractivity contribution in [3.63, 3.8) is 0 Å². The Balaban J connectivity index is 1.84. The summed E-state index contributed by atoms with van der Waals surface area (Å²) in [5, 5.41) is 2.28. The fourth-order valence-corrected chi connectivity index (χ4v) is 3.78. The van der Waals surface area contributed by atoms with Crippen LogP contribution in [-0.2, 0) is 6.42 Å². The predicted octanol–water partition coefficient (Wildman–Crippen LogP) is 5.25. The van der Waals surface area contributed by atoms with E-state index in [1.807, 2.05) is 30.3 Å². The number of hydrogen-bond donors (Lipinski definition) is 0. The van der Waals surface area contributed by atoms with Crippen LogP contribution in [0.15, 0.2) is 60.7 Å². The van der Waals surface area contributed by atoms with Crippen LogP contribution >= 0.6 is 0 Å². The Hall–Kier alpha value is -1.80. The van der Waals surface area contributed by atoms with Gasteiger partial charge in [-0.15, -0.1) is 5.06 Å². The van der Waals surface area contributed by atoms with Gasteiger partial charge in [0.1, 0.15) is 5.75 Å². The molecule has 1 unspecified atom stereocenters. The molecule has 1 atom stereocenters. The molecule has 3 rings (SSSR count). The molecule has 2 aromatic rings. The molecule has 0 aromatic heterocycles. The molecule has 0 N–H and O–H groups in total. The summed E-state index contributed by atoms with van der Waals surface area (Å²) in [6.07, 6.45) is 7.14. The smallest absolute Gasteiger partial charge is 0.147 e. The molecule has 2 nitrogen and oxygen atoms in total. The van der Waals surface area contributed by atoms with Crippen LogP contribution in [0.25, 0.3) is 0 Å². The summed E-state index contributed by atoms with van der Waals surface area (Å²) >= 11 is 0. The van der Waals surface area contributed by atoms with Crippen molar-refractivity contribution in [1.82, 2.24) is 5.06 Å². The minimum atomic E-state index is 0.115. The van der Waals surface area contributed by atoms with Crippen molar-refractivity contribution < 1.29 is 4.84 Å². The van der Waals surface area contributed by atoms with E-state index in [2.05, 4.69) is 42.3 Å². The van der Waals surface area contributed by atoms with Gasteiger partial charge in [0, 0.05) is 6.54 Å². The number of hydroxylamine groups is 2. The van der Waals surface area contributed by atoms with E-state index >= 15 is 0 Å². The van der Waals surface area contributed by atoms with Gasteiger partial charge in [-0.25, -0.2) is 0 Å². The van der Waals surface area contributed by atoms with Gasteiger partial charge >= 0.3 is 0 Å². The van der Waals surface area contributed by atoms with Gasteiger partial charge in [0.25, 0.3) is 0 Å². The molecule has 0 radical (unpaired) electrons. The van der Waals surface area contributed by atoms with E-state index in [9.17, 15) is 0 Å². The van der Waals surface area contributed by atoms with Crippen molar-refractivity contribution in [1.29, 1.82) is 0 Å². The lowest BCUT2D eigenvalue weighted by Crippen LogP contribution is -2.54. The molecular formula is C21H27NO. The lowest BCUT2D eigenvalue weighted by Gasteiger charge is -2.46. The van der Waals surface area contributed by atoms with E-state index in [1.54, 1.807) is 0 Å². The third kappa shape index (κ3) is 3.94. The average molecular weight is 309 g/mol. The van der Waals surface area contributed by atoms with E-state index in [0.29, 0.717) is 0 Å². The zero-order valence-corrected chi connectivity index (χ0v) is 14.1. The maximum atomic E-state index is 6.33. The molecule has 0 aliphatic carbocycles. The highest BCUT2D eigenvalue weighted by molar-refractivity contribution is 5.22. The highest BCUT2D eigenvalue weighted by Crippen LogP contribution is 2.36. The predicted molar refractivity (Wildman–Crippen MR) is 95.4 cm³/mol. The fourth-order valence-electron chi connectivity index (χ4n) is 3.78. The Morgan fingerprint density at radius 3 is 2.35 bits per heavy atom. The van der Waals surface area contributed by atoms with Crippen molar-refractivity contribution in [2.24, 2.45) is 0 Å². The Morgan fingerprint density at radius 2 is 1.65 bits per heavy atom. The quantitative estimate of drug-likeness (QED) is 0.723. The second kappa shape index (κ2) is 7.65. The summed E-state index contributed by atoms with van der Waals surface area (Å²) in [5.74, 6) is 0.947. The van der Waals surface area contributed by atoms with E-state index in [-0.39, 0.29) is 5.54 Å². The summed E-state index contributed by atoms with van der Waals surface area (Å²) in [7, 11) is 0. The molecular weight excluding hydrogens is 282 g/mol. The van der Waals surface area contributed by atoms with Crippen molar-refractivity contribution >= 4 is 0 Å². The Morgan fingerprint density at radius 1 is 0.957 bits per heavy atom. The van der Waals surface area contributed by atoms with Gasteiger partial charge < -0.3 is 4.84 Å². The number of benzene rings is 2. The molecule has 0 bridgehead atoms. The van der Waals surface area contributed by atoms with Crippen molar-refractivity contribution in [3.05, 3.63) is 66.2 Å². The van der Waals surface area contributed by atoms with Gasteiger partial charge in [-0.3, -0.25) is 0 Å². The van der Waals surface area contributed by atoms with Crippen LogP contribution < -0.4 is 4.84 Å². The summed E-state index contributed by atoms with van der Waals surface area (Å²) < 4.78 is 0. The standard InChI is InChI=1S/C21H27NO/c1-2-15-21(18-19-11-5-3-6-12-19)16-9-10-17-22(21)23-20-13-7-4-8-14-20/h3-8,11-14H,2,9-10,15-18H2,1H3. The molecule has 1 fully saturated rings. The minimum absolute atomic E-state index is 0.115. The van der Waals surface area contributed by atoms with E-state index in [0.717, 1.165) is 18.7 Å². The normalized spacial score (nSPS) is 22.0. The first-order chi connectivity index (χ1) is 11.3. The van der Waals surface area contributed by atoms with Crippen LogP contribution in [-0.4, -0.2) is 17.1 Å². The van der Waals surface area contributed by atoms with Crippen LogP contribution in [0.3, 0.4) is 0 Å². The van der Waals surface area contributed by atoms with E-state index in [4.69, 9.17) is 4.84 Å². The highest BCUT2D eigenvalue weighted by Gasteiger charge is 2.40. The first-order valence-corrected chi connectivity index (χ1v) is 8.87. The van der Waals surface area contributed by atoms with Crippen LogP contribution in [0.2, 0.25) is 0 Å². The number of para-hydroxylation sites is 1. The van der Waals surface area contributed by atoms with Crippen molar-refractivity contribution in [2.75, 3.05) is 6.54 Å². The molecule has 1 saturated heterocycles. The summed E-state index contributed by atoms with van der Waals surface area (Å²) in [6.45, 7) is 3.30. The van der Waals surface area contributed by atoms with Crippen molar-refractivity contribution in [2.45, 2.75) is 51.0 Å². The second-order valence-electron chi connectivity index (χ2n) is 6.60. The molecule has 2 aromatic carbocycles. The summed E-state index contributed by atoms with van der Waals surface area (Å²) in [5.41, 5.74) is 1.52. The third-order valence-electron chi connectivity index (χ3n) is 4.83. The molecule has 0 spiro atoms. The minimum Gasteiger partial charge on any atom is -0.405 e. The number of hydrogen-bond acceptors (Lipinski definition) is 2. The molecule has 122 valence electrons. The fraction of sp³-hybridized carbons (Fsp3) is 0.429. The molecule has 1 heterocycles. The second-order valence-corrected chi connectivity index (χ2v) is 6.60. The number of rotatable bonds is 6. The van der Waals surface area contributed by atoms with Crippen molar-refractivity contribution in [3.8, 4) is 5.75 Å². The molecule has 2 heteroatoms. The third-order valence-corrected chi connectivity index (χ3v) is 4.83. The average Bonchev–Trinajstić information content (AvgIpc) is 2.59. The van der Waals surface area contributed by atoms with E-state index < -0.39 is 0 Å². The van der Waals surface area contributed by atoms with Crippen LogP contribution in [0.5, 0.6) is 5.75 Å². The monoisotopic (exact) mass is 309 g/mol. The van der Waals surface area contributed by atoms with Gasteiger partial charge in [-0.05, 0) is 43.4 Å². The molecule has 1 aliphatic rings.